The Balaban J connectivity index is 2.56. The second-order valence-corrected chi connectivity index (χ2v) is 2.96. The van der Waals surface area contributed by atoms with E-state index in [2.05, 4.69) is 38.1 Å². The highest BCUT2D eigenvalue weighted by atomic mass is 14.0. The summed E-state index contributed by atoms with van der Waals surface area (Å²) in [6.07, 6.45) is 3.72. The summed E-state index contributed by atoms with van der Waals surface area (Å²) in [5, 5.41) is 0. The summed E-state index contributed by atoms with van der Waals surface area (Å²) in [5.74, 6) is 0. The summed E-state index contributed by atoms with van der Waals surface area (Å²) in [6.45, 7) is 4.31. The summed E-state index contributed by atoms with van der Waals surface area (Å²) in [5.41, 5.74) is 2.60. The van der Waals surface area contributed by atoms with E-state index in [9.17, 15) is 0 Å². The van der Waals surface area contributed by atoms with Crippen molar-refractivity contribution in [3.63, 3.8) is 0 Å². The summed E-state index contributed by atoms with van der Waals surface area (Å²) in [4.78, 5) is 0. The summed E-state index contributed by atoms with van der Waals surface area (Å²) >= 11 is 0. The van der Waals surface area contributed by atoms with Crippen molar-refractivity contribution in [3.8, 4) is 0 Å². The predicted molar refractivity (Wildman–Crippen MR) is 48.6 cm³/mol. The number of rotatable bonds is 3. The van der Waals surface area contributed by atoms with Gasteiger partial charge >= 0.3 is 0 Å². The second-order valence-electron chi connectivity index (χ2n) is 2.96. The Hall–Kier alpha value is -0.780. The molecule has 0 saturated carbocycles. The Morgan fingerprint density at radius 3 is 2.82 bits per heavy atom. The van der Waals surface area contributed by atoms with E-state index in [1.54, 1.807) is 0 Å². The van der Waals surface area contributed by atoms with Gasteiger partial charge in [-0.2, -0.15) is 0 Å². The van der Waals surface area contributed by atoms with Gasteiger partial charge in [-0.1, -0.05) is 31.5 Å². The van der Waals surface area contributed by atoms with E-state index in [1.807, 2.05) is 0 Å². The largest absolute Gasteiger partial charge is 0.0654 e. The van der Waals surface area contributed by atoms with Crippen LogP contribution in [0, 0.1) is 13.0 Å². The van der Waals surface area contributed by atoms with Crippen LogP contribution in [0.4, 0.5) is 0 Å². The minimum Gasteiger partial charge on any atom is -0.0654 e. The molecule has 59 valence electrons. The third-order valence-electron chi connectivity index (χ3n) is 1.80. The lowest BCUT2D eigenvalue weighted by atomic mass is 10.1. The SMILES string of the molecule is CCCCc1[c]c(C)ccc1. The normalized spacial score (nSPS) is 10.0. The third-order valence-corrected chi connectivity index (χ3v) is 1.80. The van der Waals surface area contributed by atoms with Gasteiger partial charge in [0.05, 0.1) is 0 Å². The maximum Gasteiger partial charge on any atom is -0.0117 e. The molecule has 0 aliphatic rings. The van der Waals surface area contributed by atoms with Crippen molar-refractivity contribution in [2.75, 3.05) is 0 Å². The maximum absolute atomic E-state index is 3.34. The second kappa shape index (κ2) is 4.17. The van der Waals surface area contributed by atoms with Crippen LogP contribution in [0.2, 0.25) is 0 Å². The molecule has 1 rings (SSSR count). The van der Waals surface area contributed by atoms with Crippen LogP contribution in [-0.2, 0) is 6.42 Å². The Kier molecular flexibility index (Phi) is 3.15. The molecule has 1 aromatic rings. The van der Waals surface area contributed by atoms with E-state index in [0.29, 0.717) is 0 Å². The summed E-state index contributed by atoms with van der Waals surface area (Å²) < 4.78 is 0. The molecule has 0 aromatic heterocycles. The monoisotopic (exact) mass is 147 g/mol. The third kappa shape index (κ3) is 2.75. The van der Waals surface area contributed by atoms with Gasteiger partial charge in [-0.15, -0.1) is 0 Å². The van der Waals surface area contributed by atoms with Crippen LogP contribution in [0.5, 0.6) is 0 Å². The van der Waals surface area contributed by atoms with Gasteiger partial charge in [0.2, 0.25) is 0 Å². The average molecular weight is 147 g/mol. The number of benzene rings is 1. The van der Waals surface area contributed by atoms with Crippen molar-refractivity contribution in [2.24, 2.45) is 0 Å². The van der Waals surface area contributed by atoms with E-state index in [1.165, 1.54) is 30.4 Å². The first kappa shape index (κ1) is 8.32. The molecule has 0 nitrogen and oxygen atoms in total. The van der Waals surface area contributed by atoms with Gasteiger partial charge in [0.1, 0.15) is 0 Å². The lowest BCUT2D eigenvalue weighted by Crippen LogP contribution is -1.85. The topological polar surface area (TPSA) is 0 Å². The molecular formula is C11H15. The highest BCUT2D eigenvalue weighted by Gasteiger charge is 1.91. The highest BCUT2D eigenvalue weighted by molar-refractivity contribution is 5.20. The number of hydrogen-bond donors (Lipinski definition) is 0. The average Bonchev–Trinajstić information content (AvgIpc) is 2.01. The molecule has 0 bridgehead atoms. The van der Waals surface area contributed by atoms with Crippen molar-refractivity contribution in [1.29, 1.82) is 0 Å². The summed E-state index contributed by atoms with van der Waals surface area (Å²) in [7, 11) is 0. The maximum atomic E-state index is 3.34. The molecule has 0 spiro atoms. The van der Waals surface area contributed by atoms with Gasteiger partial charge in [-0.25, -0.2) is 0 Å². The van der Waals surface area contributed by atoms with Crippen LogP contribution < -0.4 is 0 Å². The quantitative estimate of drug-likeness (QED) is 0.616. The number of unbranched alkanes of at least 4 members (excludes halogenated alkanes) is 1. The van der Waals surface area contributed by atoms with E-state index in [-0.39, 0.29) is 0 Å². The molecule has 0 atom stereocenters. The van der Waals surface area contributed by atoms with Gasteiger partial charge in [0, 0.05) is 0 Å². The minimum atomic E-state index is 1.18. The van der Waals surface area contributed by atoms with Gasteiger partial charge < -0.3 is 0 Å². The molecule has 11 heavy (non-hydrogen) atoms. The van der Waals surface area contributed by atoms with Gasteiger partial charge in [0.25, 0.3) is 0 Å². The van der Waals surface area contributed by atoms with E-state index < -0.39 is 0 Å². The van der Waals surface area contributed by atoms with Crippen molar-refractivity contribution in [1.82, 2.24) is 0 Å². The molecule has 0 aliphatic heterocycles. The van der Waals surface area contributed by atoms with Crippen LogP contribution in [0.25, 0.3) is 0 Å². The first-order valence-corrected chi connectivity index (χ1v) is 4.30. The van der Waals surface area contributed by atoms with Crippen LogP contribution in [-0.4, -0.2) is 0 Å². The van der Waals surface area contributed by atoms with E-state index >= 15 is 0 Å². The smallest absolute Gasteiger partial charge is 0.0117 e. The lowest BCUT2D eigenvalue weighted by molar-refractivity contribution is 0.794. The predicted octanol–water partition coefficient (Wildman–Crippen LogP) is 3.14. The van der Waals surface area contributed by atoms with Gasteiger partial charge in [0.15, 0.2) is 0 Å². The molecule has 0 fully saturated rings. The molecule has 1 aromatic carbocycles. The fourth-order valence-corrected chi connectivity index (χ4v) is 1.16. The molecule has 0 aliphatic carbocycles. The lowest BCUT2D eigenvalue weighted by Gasteiger charge is -1.98. The molecular weight excluding hydrogens is 132 g/mol. The zero-order chi connectivity index (χ0) is 8.10. The van der Waals surface area contributed by atoms with Crippen LogP contribution in [0.15, 0.2) is 18.2 Å². The van der Waals surface area contributed by atoms with E-state index in [0.717, 1.165) is 0 Å². The summed E-state index contributed by atoms with van der Waals surface area (Å²) in [6, 6.07) is 9.70. The molecule has 0 amide bonds. The number of aryl methyl sites for hydroxylation is 2. The Morgan fingerprint density at radius 1 is 1.36 bits per heavy atom. The molecule has 0 saturated heterocycles. The Bertz CT molecular complexity index is 213. The Labute approximate surface area is 69.3 Å². The molecule has 0 N–H and O–H groups in total. The molecule has 0 heterocycles. The molecule has 0 unspecified atom stereocenters. The standard InChI is InChI=1S/C11H15/c1-3-4-7-11-8-5-6-10(2)9-11/h5-6,8H,3-4,7H2,1-2H3. The fraction of sp³-hybridized carbons (Fsp3) is 0.455. The van der Waals surface area contributed by atoms with Crippen molar-refractivity contribution in [3.05, 3.63) is 35.4 Å². The minimum absolute atomic E-state index is 1.18. The van der Waals surface area contributed by atoms with Gasteiger partial charge in [-0.3, -0.25) is 0 Å². The highest BCUT2D eigenvalue weighted by Crippen LogP contribution is 2.06. The van der Waals surface area contributed by atoms with Crippen molar-refractivity contribution >= 4 is 0 Å². The van der Waals surface area contributed by atoms with Crippen molar-refractivity contribution in [2.45, 2.75) is 33.1 Å². The Morgan fingerprint density at radius 2 is 2.18 bits per heavy atom. The molecule has 0 heteroatoms. The van der Waals surface area contributed by atoms with Crippen LogP contribution in [0.3, 0.4) is 0 Å². The van der Waals surface area contributed by atoms with Crippen LogP contribution in [0.1, 0.15) is 30.9 Å². The fourth-order valence-electron chi connectivity index (χ4n) is 1.16. The zero-order valence-corrected chi connectivity index (χ0v) is 7.35. The van der Waals surface area contributed by atoms with Gasteiger partial charge in [-0.05, 0) is 37.0 Å². The van der Waals surface area contributed by atoms with E-state index in [4.69, 9.17) is 0 Å². The molecule has 1 radical (unpaired) electrons. The number of hydrogen-bond acceptors (Lipinski definition) is 0. The first-order valence-electron chi connectivity index (χ1n) is 4.30. The first-order chi connectivity index (χ1) is 5.33. The zero-order valence-electron chi connectivity index (χ0n) is 7.35. The van der Waals surface area contributed by atoms with Crippen molar-refractivity contribution < 1.29 is 0 Å². The van der Waals surface area contributed by atoms with Crippen LogP contribution >= 0.6 is 0 Å².